The SMILES string of the molecule is NC1CCCN(Cc2cc(=O)c(O)co2)C1. The Morgan fingerprint density at radius 1 is 1.62 bits per heavy atom. The van der Waals surface area contributed by atoms with Gasteiger partial charge in [-0.3, -0.25) is 9.69 Å². The van der Waals surface area contributed by atoms with Crippen molar-refractivity contribution in [2.75, 3.05) is 13.1 Å². The molecule has 3 N–H and O–H groups in total. The Bertz CT molecular complexity index is 416. The minimum absolute atomic E-state index is 0.206. The van der Waals surface area contributed by atoms with Crippen molar-refractivity contribution in [2.45, 2.75) is 25.4 Å². The van der Waals surface area contributed by atoms with Gasteiger partial charge in [-0.2, -0.15) is 0 Å². The van der Waals surface area contributed by atoms with Crippen molar-refractivity contribution in [1.82, 2.24) is 4.90 Å². The molecule has 1 atom stereocenters. The number of aromatic hydroxyl groups is 1. The number of piperidine rings is 1. The van der Waals surface area contributed by atoms with Crippen molar-refractivity contribution in [2.24, 2.45) is 5.73 Å². The second kappa shape index (κ2) is 4.67. The average molecular weight is 224 g/mol. The Labute approximate surface area is 93.5 Å². The molecule has 5 heteroatoms. The summed E-state index contributed by atoms with van der Waals surface area (Å²) in [5, 5.41) is 9.05. The van der Waals surface area contributed by atoms with Crippen LogP contribution >= 0.6 is 0 Å². The summed E-state index contributed by atoms with van der Waals surface area (Å²) in [5.41, 5.74) is 5.46. The van der Waals surface area contributed by atoms with Crippen LogP contribution in [0.25, 0.3) is 0 Å². The molecular weight excluding hydrogens is 208 g/mol. The highest BCUT2D eigenvalue weighted by molar-refractivity contribution is 5.15. The minimum atomic E-state index is -0.400. The van der Waals surface area contributed by atoms with Gasteiger partial charge in [0.05, 0.1) is 6.54 Å². The first-order valence-corrected chi connectivity index (χ1v) is 5.44. The fourth-order valence-corrected chi connectivity index (χ4v) is 1.98. The van der Waals surface area contributed by atoms with E-state index < -0.39 is 5.43 Å². The first kappa shape index (κ1) is 11.2. The Hall–Kier alpha value is -1.33. The maximum absolute atomic E-state index is 11.2. The van der Waals surface area contributed by atoms with E-state index in [9.17, 15) is 4.79 Å². The Kier molecular flexibility index (Phi) is 3.26. The van der Waals surface area contributed by atoms with Crippen LogP contribution in [0.3, 0.4) is 0 Å². The van der Waals surface area contributed by atoms with Crippen molar-refractivity contribution in [3.63, 3.8) is 0 Å². The van der Waals surface area contributed by atoms with Crippen LogP contribution in [0.1, 0.15) is 18.6 Å². The number of hydrogen-bond donors (Lipinski definition) is 2. The van der Waals surface area contributed by atoms with Gasteiger partial charge in [0, 0.05) is 18.7 Å². The molecule has 1 aliphatic heterocycles. The largest absolute Gasteiger partial charge is 0.502 e. The fraction of sp³-hybridized carbons (Fsp3) is 0.545. The van der Waals surface area contributed by atoms with Crippen LogP contribution in [0.2, 0.25) is 0 Å². The van der Waals surface area contributed by atoms with E-state index in [0.717, 1.165) is 32.2 Å². The zero-order chi connectivity index (χ0) is 11.5. The number of nitrogens with two attached hydrogens (primary N) is 1. The van der Waals surface area contributed by atoms with E-state index in [0.29, 0.717) is 12.3 Å². The minimum Gasteiger partial charge on any atom is -0.502 e. The number of hydrogen-bond acceptors (Lipinski definition) is 5. The smallest absolute Gasteiger partial charge is 0.226 e. The van der Waals surface area contributed by atoms with Crippen LogP contribution in [0.5, 0.6) is 5.75 Å². The van der Waals surface area contributed by atoms with E-state index in [1.54, 1.807) is 0 Å². The average Bonchev–Trinajstić information content (AvgIpc) is 2.24. The van der Waals surface area contributed by atoms with Gasteiger partial charge < -0.3 is 15.3 Å². The summed E-state index contributed by atoms with van der Waals surface area (Å²) >= 11 is 0. The highest BCUT2D eigenvalue weighted by Gasteiger charge is 2.17. The van der Waals surface area contributed by atoms with Crippen LogP contribution in [0, 0.1) is 0 Å². The van der Waals surface area contributed by atoms with E-state index in [1.165, 1.54) is 6.07 Å². The van der Waals surface area contributed by atoms with Crippen molar-refractivity contribution >= 4 is 0 Å². The number of rotatable bonds is 2. The summed E-state index contributed by atoms with van der Waals surface area (Å²) in [6.45, 7) is 2.37. The summed E-state index contributed by atoms with van der Waals surface area (Å²) < 4.78 is 5.14. The van der Waals surface area contributed by atoms with Crippen molar-refractivity contribution in [3.05, 3.63) is 28.3 Å². The van der Waals surface area contributed by atoms with Crippen molar-refractivity contribution < 1.29 is 9.52 Å². The standard InChI is InChI=1S/C11H16N2O3/c12-8-2-1-3-13(5-8)6-9-4-10(14)11(15)7-16-9/h4,7-8,15H,1-3,5-6,12H2. The van der Waals surface area contributed by atoms with Crippen LogP contribution in [-0.4, -0.2) is 29.1 Å². The molecule has 0 saturated carbocycles. The van der Waals surface area contributed by atoms with Gasteiger partial charge in [0.15, 0.2) is 5.75 Å². The van der Waals surface area contributed by atoms with E-state index >= 15 is 0 Å². The van der Waals surface area contributed by atoms with Gasteiger partial charge in [0.1, 0.15) is 12.0 Å². The lowest BCUT2D eigenvalue weighted by Gasteiger charge is -2.29. The summed E-state index contributed by atoms with van der Waals surface area (Å²) in [6, 6.07) is 1.53. The zero-order valence-electron chi connectivity index (χ0n) is 9.06. The van der Waals surface area contributed by atoms with Gasteiger partial charge >= 0.3 is 0 Å². The fourth-order valence-electron chi connectivity index (χ4n) is 1.98. The lowest BCUT2D eigenvalue weighted by Crippen LogP contribution is -2.42. The third-order valence-corrected chi connectivity index (χ3v) is 2.79. The molecule has 0 amide bonds. The number of likely N-dealkylation sites (tertiary alicyclic amines) is 1. The van der Waals surface area contributed by atoms with Crippen molar-refractivity contribution in [3.8, 4) is 5.75 Å². The molecule has 0 spiro atoms. The van der Waals surface area contributed by atoms with Crippen molar-refractivity contribution in [1.29, 1.82) is 0 Å². The Morgan fingerprint density at radius 3 is 3.12 bits per heavy atom. The molecule has 1 saturated heterocycles. The first-order valence-electron chi connectivity index (χ1n) is 5.44. The van der Waals surface area contributed by atoms with Gasteiger partial charge in [0.2, 0.25) is 5.43 Å². The van der Waals surface area contributed by atoms with E-state index in [4.69, 9.17) is 15.3 Å². The summed E-state index contributed by atoms with van der Waals surface area (Å²) in [7, 11) is 0. The molecule has 0 radical (unpaired) electrons. The Morgan fingerprint density at radius 2 is 2.44 bits per heavy atom. The molecule has 5 nitrogen and oxygen atoms in total. The molecule has 0 bridgehead atoms. The molecule has 2 heterocycles. The quantitative estimate of drug-likeness (QED) is 0.753. The normalized spacial score (nSPS) is 22.2. The predicted molar refractivity (Wildman–Crippen MR) is 59.1 cm³/mol. The van der Waals surface area contributed by atoms with E-state index in [1.807, 2.05) is 0 Å². The van der Waals surface area contributed by atoms with Gasteiger partial charge in [-0.05, 0) is 19.4 Å². The topological polar surface area (TPSA) is 79.7 Å². The molecule has 0 aromatic carbocycles. The monoisotopic (exact) mass is 224 g/mol. The lowest BCUT2D eigenvalue weighted by atomic mass is 10.1. The van der Waals surface area contributed by atoms with Crippen LogP contribution in [-0.2, 0) is 6.54 Å². The van der Waals surface area contributed by atoms with E-state index in [-0.39, 0.29) is 11.8 Å². The predicted octanol–water partition coefficient (Wildman–Crippen LogP) is 0.268. The molecule has 88 valence electrons. The molecule has 2 rings (SSSR count). The first-order chi connectivity index (χ1) is 7.65. The molecule has 1 fully saturated rings. The highest BCUT2D eigenvalue weighted by Crippen LogP contribution is 2.12. The van der Waals surface area contributed by atoms with Crippen LogP contribution in [0.15, 0.2) is 21.5 Å². The molecule has 16 heavy (non-hydrogen) atoms. The molecule has 0 aliphatic carbocycles. The van der Waals surface area contributed by atoms with Gasteiger partial charge in [-0.1, -0.05) is 0 Å². The maximum Gasteiger partial charge on any atom is 0.226 e. The maximum atomic E-state index is 11.2. The molecule has 1 unspecified atom stereocenters. The summed E-state index contributed by atoms with van der Waals surface area (Å²) in [6.07, 6.45) is 3.21. The second-order valence-corrected chi connectivity index (χ2v) is 4.23. The zero-order valence-corrected chi connectivity index (χ0v) is 9.06. The Balaban J connectivity index is 2.03. The van der Waals surface area contributed by atoms with Gasteiger partial charge in [-0.25, -0.2) is 0 Å². The third kappa shape index (κ3) is 2.62. The second-order valence-electron chi connectivity index (χ2n) is 4.23. The lowest BCUT2D eigenvalue weighted by molar-refractivity contribution is 0.186. The molecule has 1 aliphatic rings. The molecule has 1 aromatic rings. The highest BCUT2D eigenvalue weighted by atomic mass is 16.4. The van der Waals surface area contributed by atoms with Gasteiger partial charge in [0.25, 0.3) is 0 Å². The summed E-state index contributed by atoms with van der Waals surface area (Å²) in [5.74, 6) is 0.219. The molecular formula is C11H16N2O3. The van der Waals surface area contributed by atoms with E-state index in [2.05, 4.69) is 4.90 Å². The van der Waals surface area contributed by atoms with Crippen LogP contribution < -0.4 is 11.2 Å². The summed E-state index contributed by atoms with van der Waals surface area (Å²) in [4.78, 5) is 13.3. The third-order valence-electron chi connectivity index (χ3n) is 2.79. The number of nitrogens with zero attached hydrogens (tertiary/aromatic N) is 1. The van der Waals surface area contributed by atoms with Crippen LogP contribution in [0.4, 0.5) is 0 Å². The molecule has 1 aromatic heterocycles. The van der Waals surface area contributed by atoms with Gasteiger partial charge in [-0.15, -0.1) is 0 Å².